The Morgan fingerprint density at radius 2 is 1.03 bits per heavy atom. The summed E-state index contributed by atoms with van der Waals surface area (Å²) < 4.78 is 0. The Morgan fingerprint density at radius 3 is 1.59 bits per heavy atom. The molecule has 0 saturated carbocycles. The van der Waals surface area contributed by atoms with Gasteiger partial charge in [0, 0.05) is 0 Å². The summed E-state index contributed by atoms with van der Waals surface area (Å²) in [7, 11) is 0. The van der Waals surface area contributed by atoms with E-state index in [0.717, 1.165) is 6.42 Å². The second-order valence-corrected chi connectivity index (χ2v) is 9.37. The molecular formula is C29H30. The zero-order chi connectivity index (χ0) is 20.3. The Hall–Kier alpha value is -2.60. The molecule has 0 aromatic heterocycles. The number of aryl methyl sites for hydroxylation is 4. The van der Waals surface area contributed by atoms with Crippen molar-refractivity contribution in [2.75, 3.05) is 0 Å². The smallest absolute Gasteiger partial charge is 0.00541 e. The van der Waals surface area contributed by atoms with E-state index in [1.54, 1.807) is 22.3 Å². The van der Waals surface area contributed by atoms with E-state index in [2.05, 4.69) is 77.1 Å². The predicted octanol–water partition coefficient (Wildman–Crippen LogP) is 7.70. The maximum Gasteiger partial charge on any atom is -0.00541 e. The molecule has 0 amide bonds. The first-order valence-corrected chi connectivity index (χ1v) is 11.0. The van der Waals surface area contributed by atoms with E-state index in [4.69, 9.17) is 0 Å². The average molecular weight is 379 g/mol. The highest BCUT2D eigenvalue weighted by Crippen LogP contribution is 2.48. The standard InChI is InChI=1S/C29H30/c1-17-9-18(2)12-22(11-17)28-24-7-6-8-25(24)29(27-16-21(5)15-26(27)28)23-13-19(3)10-20(4)14-23/h9-15H,6-8,16H2,1-5H3. The third-order valence-electron chi connectivity index (χ3n) is 6.58. The van der Waals surface area contributed by atoms with Crippen molar-refractivity contribution >= 4 is 6.08 Å². The van der Waals surface area contributed by atoms with Crippen molar-refractivity contribution in [3.8, 4) is 22.3 Å². The number of hydrogen-bond donors (Lipinski definition) is 0. The van der Waals surface area contributed by atoms with E-state index < -0.39 is 0 Å². The van der Waals surface area contributed by atoms with Crippen LogP contribution in [0.25, 0.3) is 28.3 Å². The molecule has 3 aromatic rings. The van der Waals surface area contributed by atoms with Crippen LogP contribution < -0.4 is 0 Å². The topological polar surface area (TPSA) is 0 Å². The molecule has 0 heteroatoms. The molecule has 146 valence electrons. The number of benzene rings is 3. The zero-order valence-electron chi connectivity index (χ0n) is 18.4. The SMILES string of the molecule is CC1=Cc2c(c(-c3cc(C)cc(C)c3)c3c(c2-c2cc(C)cc(C)c2)CCC3)C1. The van der Waals surface area contributed by atoms with E-state index in [0.29, 0.717) is 0 Å². The second-order valence-electron chi connectivity index (χ2n) is 9.37. The van der Waals surface area contributed by atoms with Crippen molar-refractivity contribution in [3.05, 3.63) is 86.5 Å². The molecule has 0 spiro atoms. The van der Waals surface area contributed by atoms with Gasteiger partial charge < -0.3 is 0 Å². The summed E-state index contributed by atoms with van der Waals surface area (Å²) in [5.74, 6) is 0. The fourth-order valence-electron chi connectivity index (χ4n) is 5.76. The first kappa shape index (κ1) is 18.4. The van der Waals surface area contributed by atoms with Crippen LogP contribution in [0.2, 0.25) is 0 Å². The molecule has 5 rings (SSSR count). The molecule has 0 radical (unpaired) electrons. The Bertz CT molecular complexity index is 1150. The minimum Gasteiger partial charge on any atom is -0.0683 e. The van der Waals surface area contributed by atoms with Crippen molar-refractivity contribution in [2.24, 2.45) is 0 Å². The van der Waals surface area contributed by atoms with Gasteiger partial charge in [-0.1, -0.05) is 70.3 Å². The van der Waals surface area contributed by atoms with Gasteiger partial charge in [-0.3, -0.25) is 0 Å². The summed E-state index contributed by atoms with van der Waals surface area (Å²) in [5, 5.41) is 0. The fourth-order valence-corrected chi connectivity index (χ4v) is 5.76. The Labute approximate surface area is 175 Å². The van der Waals surface area contributed by atoms with Gasteiger partial charge in [0.2, 0.25) is 0 Å². The van der Waals surface area contributed by atoms with Gasteiger partial charge in [0.1, 0.15) is 0 Å². The maximum absolute atomic E-state index is 2.47. The van der Waals surface area contributed by atoms with Crippen LogP contribution in [0.5, 0.6) is 0 Å². The first-order valence-electron chi connectivity index (χ1n) is 11.0. The van der Waals surface area contributed by atoms with Gasteiger partial charge in [0.25, 0.3) is 0 Å². The Morgan fingerprint density at radius 1 is 0.552 bits per heavy atom. The van der Waals surface area contributed by atoms with E-state index in [-0.39, 0.29) is 0 Å². The lowest BCUT2D eigenvalue weighted by Crippen LogP contribution is -2.02. The highest BCUT2D eigenvalue weighted by Gasteiger charge is 2.29. The summed E-state index contributed by atoms with van der Waals surface area (Å²) in [5.41, 5.74) is 19.1. The minimum atomic E-state index is 1.09. The van der Waals surface area contributed by atoms with Crippen LogP contribution in [-0.2, 0) is 19.3 Å². The summed E-state index contributed by atoms with van der Waals surface area (Å²) in [6, 6.07) is 14.1. The molecule has 0 saturated heterocycles. The molecule has 2 aliphatic rings. The lowest BCUT2D eigenvalue weighted by atomic mass is 9.82. The molecular weight excluding hydrogens is 348 g/mol. The van der Waals surface area contributed by atoms with Gasteiger partial charge in [-0.15, -0.1) is 0 Å². The van der Waals surface area contributed by atoms with Crippen LogP contribution in [-0.4, -0.2) is 0 Å². The molecule has 0 N–H and O–H groups in total. The average Bonchev–Trinajstić information content (AvgIpc) is 3.23. The van der Waals surface area contributed by atoms with Crippen LogP contribution in [0, 0.1) is 27.7 Å². The molecule has 0 aliphatic heterocycles. The molecule has 0 nitrogen and oxygen atoms in total. The minimum absolute atomic E-state index is 1.09. The highest BCUT2D eigenvalue weighted by atomic mass is 14.3. The van der Waals surface area contributed by atoms with E-state index in [1.807, 2.05) is 0 Å². The summed E-state index contributed by atoms with van der Waals surface area (Å²) in [6.07, 6.45) is 7.24. The van der Waals surface area contributed by atoms with Crippen molar-refractivity contribution in [3.63, 3.8) is 0 Å². The third kappa shape index (κ3) is 3.06. The number of fused-ring (bicyclic) bond motifs is 2. The Kier molecular flexibility index (Phi) is 4.28. The van der Waals surface area contributed by atoms with Crippen LogP contribution in [0.1, 0.15) is 57.9 Å². The monoisotopic (exact) mass is 378 g/mol. The normalized spacial score (nSPS) is 14.7. The van der Waals surface area contributed by atoms with Gasteiger partial charge in [0.15, 0.2) is 0 Å². The van der Waals surface area contributed by atoms with Gasteiger partial charge in [-0.05, 0) is 105 Å². The van der Waals surface area contributed by atoms with Gasteiger partial charge in [0.05, 0.1) is 0 Å². The number of hydrogen-bond acceptors (Lipinski definition) is 0. The molecule has 0 heterocycles. The second kappa shape index (κ2) is 6.73. The molecule has 3 aromatic carbocycles. The number of allylic oxidation sites excluding steroid dienone is 1. The molecule has 29 heavy (non-hydrogen) atoms. The predicted molar refractivity (Wildman–Crippen MR) is 126 cm³/mol. The highest BCUT2D eigenvalue weighted by molar-refractivity contribution is 5.92. The third-order valence-corrected chi connectivity index (χ3v) is 6.58. The van der Waals surface area contributed by atoms with Crippen molar-refractivity contribution in [1.82, 2.24) is 0 Å². The van der Waals surface area contributed by atoms with Gasteiger partial charge in [-0.2, -0.15) is 0 Å². The van der Waals surface area contributed by atoms with Crippen LogP contribution in [0.15, 0.2) is 42.0 Å². The van der Waals surface area contributed by atoms with E-state index in [9.17, 15) is 0 Å². The molecule has 0 bridgehead atoms. The lowest BCUT2D eigenvalue weighted by molar-refractivity contribution is 0.912. The molecule has 0 atom stereocenters. The van der Waals surface area contributed by atoms with Crippen molar-refractivity contribution in [1.29, 1.82) is 0 Å². The fraction of sp³-hybridized carbons (Fsp3) is 0.310. The van der Waals surface area contributed by atoms with Crippen molar-refractivity contribution < 1.29 is 0 Å². The molecule has 2 aliphatic carbocycles. The van der Waals surface area contributed by atoms with E-state index in [1.165, 1.54) is 69.3 Å². The quantitative estimate of drug-likeness (QED) is 0.428. The van der Waals surface area contributed by atoms with Crippen LogP contribution in [0.3, 0.4) is 0 Å². The first-order chi connectivity index (χ1) is 13.9. The van der Waals surface area contributed by atoms with Crippen molar-refractivity contribution in [2.45, 2.75) is 60.3 Å². The van der Waals surface area contributed by atoms with Gasteiger partial charge in [-0.25, -0.2) is 0 Å². The summed E-state index contributed by atoms with van der Waals surface area (Å²) in [6.45, 7) is 11.2. The molecule has 0 unspecified atom stereocenters. The number of rotatable bonds is 2. The lowest BCUT2D eigenvalue weighted by Gasteiger charge is -2.22. The Balaban J connectivity index is 1.86. The molecule has 0 fully saturated rings. The van der Waals surface area contributed by atoms with Gasteiger partial charge >= 0.3 is 0 Å². The summed E-state index contributed by atoms with van der Waals surface area (Å²) in [4.78, 5) is 0. The van der Waals surface area contributed by atoms with Crippen LogP contribution >= 0.6 is 0 Å². The maximum atomic E-state index is 2.47. The zero-order valence-corrected chi connectivity index (χ0v) is 18.4. The van der Waals surface area contributed by atoms with E-state index >= 15 is 0 Å². The summed E-state index contributed by atoms with van der Waals surface area (Å²) >= 11 is 0. The van der Waals surface area contributed by atoms with Crippen LogP contribution in [0.4, 0.5) is 0 Å². The largest absolute Gasteiger partial charge is 0.0683 e.